The molecular weight excluding hydrogens is 331 g/mol. The number of rotatable bonds is 5. The summed E-state index contributed by atoms with van der Waals surface area (Å²) in [4.78, 5) is 10.8. The van der Waals surface area contributed by atoms with Gasteiger partial charge in [0.15, 0.2) is 5.82 Å². The number of aliphatic carboxylic acids is 1. The molecule has 0 saturated carbocycles. The number of halogens is 2. The van der Waals surface area contributed by atoms with Gasteiger partial charge in [0, 0.05) is 6.54 Å². The molecule has 0 spiro atoms. The van der Waals surface area contributed by atoms with Crippen molar-refractivity contribution in [2.45, 2.75) is 19.9 Å². The fraction of sp³-hybridized carbons (Fsp3) is 0.333. The Morgan fingerprint density at radius 2 is 2.30 bits per heavy atom. The van der Waals surface area contributed by atoms with Crippen LogP contribution in [0.1, 0.15) is 13.3 Å². The van der Waals surface area contributed by atoms with Gasteiger partial charge in [-0.25, -0.2) is 9.07 Å². The van der Waals surface area contributed by atoms with E-state index in [1.807, 2.05) is 0 Å². The number of nitrogens with zero attached hydrogens (tertiary/aromatic N) is 4. The number of tetrazole rings is 1. The van der Waals surface area contributed by atoms with Gasteiger partial charge < -0.3 is 5.11 Å². The molecule has 2 rings (SSSR count). The first-order valence-electron chi connectivity index (χ1n) is 5.94. The summed E-state index contributed by atoms with van der Waals surface area (Å²) in [5.74, 6) is -1.57. The van der Waals surface area contributed by atoms with E-state index in [0.717, 1.165) is 0 Å². The third-order valence-corrected chi connectivity index (χ3v) is 3.53. The minimum absolute atomic E-state index is 0.271. The summed E-state index contributed by atoms with van der Waals surface area (Å²) in [5, 5.41) is 20.0. The average molecular weight is 343 g/mol. The number of carbonyl (C=O) groups is 1. The van der Waals surface area contributed by atoms with E-state index in [1.165, 1.54) is 4.68 Å². The quantitative estimate of drug-likeness (QED) is 0.901. The van der Waals surface area contributed by atoms with E-state index in [-0.39, 0.29) is 11.4 Å². The van der Waals surface area contributed by atoms with Gasteiger partial charge in [0.1, 0.15) is 5.82 Å². The molecule has 0 fully saturated rings. The highest BCUT2D eigenvalue weighted by Crippen LogP contribution is 2.26. The average Bonchev–Trinajstić information content (AvgIpc) is 2.87. The van der Waals surface area contributed by atoms with E-state index in [0.29, 0.717) is 17.4 Å². The molecule has 0 aliphatic carbocycles. The Hall–Kier alpha value is -1.83. The molecule has 8 heteroatoms. The molecule has 0 amide bonds. The number of aryl methyl sites for hydroxylation is 1. The van der Waals surface area contributed by atoms with Crippen LogP contribution >= 0.6 is 15.9 Å². The maximum atomic E-state index is 14.0. The zero-order chi connectivity index (χ0) is 14.7. The molecule has 6 nitrogen and oxygen atoms in total. The molecule has 1 atom stereocenters. The Balaban J connectivity index is 2.25. The van der Waals surface area contributed by atoms with Crippen molar-refractivity contribution in [3.8, 4) is 11.4 Å². The monoisotopic (exact) mass is 342 g/mol. The van der Waals surface area contributed by atoms with Gasteiger partial charge >= 0.3 is 5.97 Å². The largest absolute Gasteiger partial charge is 0.481 e. The Morgan fingerprint density at radius 1 is 1.55 bits per heavy atom. The molecule has 1 heterocycles. The van der Waals surface area contributed by atoms with Crippen LogP contribution in [0.15, 0.2) is 22.7 Å². The van der Waals surface area contributed by atoms with E-state index >= 15 is 0 Å². The van der Waals surface area contributed by atoms with Crippen LogP contribution in [0.2, 0.25) is 0 Å². The van der Waals surface area contributed by atoms with Crippen LogP contribution in [0.3, 0.4) is 0 Å². The van der Waals surface area contributed by atoms with E-state index in [2.05, 4.69) is 31.5 Å². The van der Waals surface area contributed by atoms with Gasteiger partial charge in [-0.3, -0.25) is 4.79 Å². The normalized spacial score (nSPS) is 12.3. The molecule has 106 valence electrons. The van der Waals surface area contributed by atoms with Gasteiger partial charge in [-0.2, -0.15) is 0 Å². The fourth-order valence-corrected chi connectivity index (χ4v) is 2.03. The molecule has 20 heavy (non-hydrogen) atoms. The number of carboxylic acid groups (broad SMARTS) is 1. The lowest BCUT2D eigenvalue weighted by Crippen LogP contribution is -2.14. The molecule has 1 aromatic carbocycles. The van der Waals surface area contributed by atoms with Gasteiger partial charge in [0.05, 0.1) is 16.0 Å². The molecule has 1 unspecified atom stereocenters. The smallest absolute Gasteiger partial charge is 0.306 e. The van der Waals surface area contributed by atoms with Crippen molar-refractivity contribution in [2.75, 3.05) is 0 Å². The highest BCUT2D eigenvalue weighted by molar-refractivity contribution is 9.10. The topological polar surface area (TPSA) is 80.9 Å². The number of aromatic nitrogens is 4. The summed E-state index contributed by atoms with van der Waals surface area (Å²) >= 11 is 3.11. The lowest BCUT2D eigenvalue weighted by Gasteiger charge is -2.08. The molecule has 0 bridgehead atoms. The van der Waals surface area contributed by atoms with Crippen LogP contribution in [-0.4, -0.2) is 31.3 Å². The molecule has 1 N–H and O–H groups in total. The molecule has 0 aliphatic heterocycles. The fourth-order valence-electron chi connectivity index (χ4n) is 1.66. The second-order valence-corrected chi connectivity index (χ2v) is 5.21. The Bertz CT molecular complexity index is 632. The Morgan fingerprint density at radius 3 is 3.00 bits per heavy atom. The first kappa shape index (κ1) is 14.6. The highest BCUT2D eigenvalue weighted by Gasteiger charge is 2.17. The molecular formula is C12H12BrFN4O2. The molecule has 2 aromatic rings. The van der Waals surface area contributed by atoms with Crippen LogP contribution in [0.25, 0.3) is 11.4 Å². The summed E-state index contributed by atoms with van der Waals surface area (Å²) < 4.78 is 15.8. The lowest BCUT2D eigenvalue weighted by molar-refractivity contribution is -0.141. The number of hydrogen-bond donors (Lipinski definition) is 1. The van der Waals surface area contributed by atoms with Crippen molar-refractivity contribution in [3.05, 3.63) is 28.5 Å². The minimum Gasteiger partial charge on any atom is -0.481 e. The predicted molar refractivity (Wildman–Crippen MR) is 72.3 cm³/mol. The first-order valence-corrected chi connectivity index (χ1v) is 6.73. The zero-order valence-corrected chi connectivity index (χ0v) is 12.2. The Labute approximate surface area is 122 Å². The van der Waals surface area contributed by atoms with E-state index in [1.54, 1.807) is 25.1 Å². The van der Waals surface area contributed by atoms with Gasteiger partial charge in [0.25, 0.3) is 0 Å². The van der Waals surface area contributed by atoms with Crippen LogP contribution < -0.4 is 0 Å². The summed E-state index contributed by atoms with van der Waals surface area (Å²) in [6, 6.07) is 4.84. The third kappa shape index (κ3) is 3.01. The molecule has 0 saturated heterocycles. The van der Waals surface area contributed by atoms with Crippen LogP contribution in [0.4, 0.5) is 4.39 Å². The minimum atomic E-state index is -0.881. The van der Waals surface area contributed by atoms with Gasteiger partial charge in [-0.05, 0) is 44.9 Å². The van der Waals surface area contributed by atoms with Crippen molar-refractivity contribution < 1.29 is 14.3 Å². The summed E-state index contributed by atoms with van der Waals surface area (Å²) in [7, 11) is 0. The highest BCUT2D eigenvalue weighted by atomic mass is 79.9. The van der Waals surface area contributed by atoms with Gasteiger partial charge in [-0.1, -0.05) is 13.0 Å². The maximum Gasteiger partial charge on any atom is 0.306 e. The third-order valence-electron chi connectivity index (χ3n) is 2.92. The van der Waals surface area contributed by atoms with Crippen molar-refractivity contribution >= 4 is 21.9 Å². The summed E-state index contributed by atoms with van der Waals surface area (Å²) in [5.41, 5.74) is 0.271. The molecule has 0 radical (unpaired) electrons. The number of carboxylic acids is 1. The van der Waals surface area contributed by atoms with Gasteiger partial charge in [-0.15, -0.1) is 5.10 Å². The second-order valence-electron chi connectivity index (χ2n) is 4.35. The Kier molecular flexibility index (Phi) is 4.43. The maximum absolute atomic E-state index is 14.0. The molecule has 1 aromatic heterocycles. The first-order chi connectivity index (χ1) is 9.50. The van der Waals surface area contributed by atoms with Crippen molar-refractivity contribution in [1.82, 2.24) is 20.2 Å². The zero-order valence-electron chi connectivity index (χ0n) is 10.6. The van der Waals surface area contributed by atoms with E-state index in [9.17, 15) is 9.18 Å². The van der Waals surface area contributed by atoms with Crippen LogP contribution in [-0.2, 0) is 11.3 Å². The molecule has 0 aliphatic rings. The SMILES string of the molecule is CC(CCn1nnnc1-c1cccc(Br)c1F)C(=O)O. The van der Waals surface area contributed by atoms with E-state index in [4.69, 9.17) is 5.11 Å². The van der Waals surface area contributed by atoms with E-state index < -0.39 is 17.7 Å². The van der Waals surface area contributed by atoms with Crippen LogP contribution in [0, 0.1) is 11.7 Å². The lowest BCUT2D eigenvalue weighted by atomic mass is 10.1. The number of benzene rings is 1. The van der Waals surface area contributed by atoms with Crippen molar-refractivity contribution in [2.24, 2.45) is 5.92 Å². The van der Waals surface area contributed by atoms with Crippen molar-refractivity contribution in [1.29, 1.82) is 0 Å². The summed E-state index contributed by atoms with van der Waals surface area (Å²) in [6.45, 7) is 1.91. The number of hydrogen-bond acceptors (Lipinski definition) is 4. The van der Waals surface area contributed by atoms with Crippen molar-refractivity contribution in [3.63, 3.8) is 0 Å². The predicted octanol–water partition coefficient (Wildman–Crippen LogP) is 2.35. The second kappa shape index (κ2) is 6.08. The standard InChI is InChI=1S/C12H12BrFN4O2/c1-7(12(19)20)5-6-18-11(15-16-17-18)8-3-2-4-9(13)10(8)14/h2-4,7H,5-6H2,1H3,(H,19,20). The van der Waals surface area contributed by atoms with Crippen LogP contribution in [0.5, 0.6) is 0 Å². The summed E-state index contributed by atoms with van der Waals surface area (Å²) in [6.07, 6.45) is 0.364. The van der Waals surface area contributed by atoms with Gasteiger partial charge in [0.2, 0.25) is 0 Å².